The van der Waals surface area contributed by atoms with E-state index in [1.165, 1.54) is 17.7 Å². The van der Waals surface area contributed by atoms with Crippen molar-refractivity contribution >= 4 is 22.8 Å². The summed E-state index contributed by atoms with van der Waals surface area (Å²) in [4.78, 5) is 9.25. The van der Waals surface area contributed by atoms with Gasteiger partial charge in [0.1, 0.15) is 11.6 Å². The molecule has 0 aliphatic carbocycles. The first kappa shape index (κ1) is 18.9. The molecule has 2 aromatic carbocycles. The molecule has 7 heteroatoms. The minimum Gasteiger partial charge on any atom is -0.369 e. The molecule has 6 nitrogen and oxygen atoms in total. The molecule has 148 valence electrons. The van der Waals surface area contributed by atoms with Crippen molar-refractivity contribution in [2.45, 2.75) is 19.9 Å². The lowest BCUT2D eigenvalue weighted by atomic mass is 10.1. The summed E-state index contributed by atoms with van der Waals surface area (Å²) in [5.74, 6) is 1.06. The lowest BCUT2D eigenvalue weighted by Crippen LogP contribution is -2.10. The van der Waals surface area contributed by atoms with Gasteiger partial charge in [0.15, 0.2) is 5.65 Å². The number of aromatic nitrogens is 4. The van der Waals surface area contributed by atoms with Crippen LogP contribution < -0.4 is 10.6 Å². The SMILES string of the molecule is Cc1ccc(CNc2nc(NCCc3ccc(F)cc3)c3cnn(C)c3n2)cc1. The van der Waals surface area contributed by atoms with Crippen molar-refractivity contribution in [2.75, 3.05) is 17.2 Å². The van der Waals surface area contributed by atoms with E-state index in [0.29, 0.717) is 19.0 Å². The van der Waals surface area contributed by atoms with Crippen LogP contribution in [0.1, 0.15) is 16.7 Å². The van der Waals surface area contributed by atoms with Crippen molar-refractivity contribution in [1.29, 1.82) is 0 Å². The zero-order valence-electron chi connectivity index (χ0n) is 16.5. The number of nitrogens with zero attached hydrogens (tertiary/aromatic N) is 4. The van der Waals surface area contributed by atoms with Crippen molar-refractivity contribution in [2.24, 2.45) is 7.05 Å². The van der Waals surface area contributed by atoms with Crippen LogP contribution in [-0.2, 0) is 20.0 Å². The maximum absolute atomic E-state index is 13.1. The average Bonchev–Trinajstić information content (AvgIpc) is 3.10. The van der Waals surface area contributed by atoms with Gasteiger partial charge in [0.05, 0.1) is 11.6 Å². The summed E-state index contributed by atoms with van der Waals surface area (Å²) in [6.07, 6.45) is 2.53. The second kappa shape index (κ2) is 8.26. The number of fused-ring (bicyclic) bond motifs is 1. The van der Waals surface area contributed by atoms with E-state index < -0.39 is 0 Å². The Labute approximate surface area is 168 Å². The first-order valence-corrected chi connectivity index (χ1v) is 9.56. The normalized spacial score (nSPS) is 11.0. The second-order valence-electron chi connectivity index (χ2n) is 7.04. The lowest BCUT2D eigenvalue weighted by molar-refractivity contribution is 0.627. The molecule has 2 N–H and O–H groups in total. The van der Waals surface area contributed by atoms with E-state index in [4.69, 9.17) is 0 Å². The van der Waals surface area contributed by atoms with Crippen LogP contribution in [0.2, 0.25) is 0 Å². The van der Waals surface area contributed by atoms with E-state index in [1.54, 1.807) is 23.0 Å². The zero-order valence-corrected chi connectivity index (χ0v) is 16.5. The monoisotopic (exact) mass is 390 g/mol. The largest absolute Gasteiger partial charge is 0.369 e. The van der Waals surface area contributed by atoms with Gasteiger partial charge in [-0.3, -0.25) is 4.68 Å². The van der Waals surface area contributed by atoms with Crippen LogP contribution >= 0.6 is 0 Å². The van der Waals surface area contributed by atoms with E-state index in [-0.39, 0.29) is 5.82 Å². The Morgan fingerprint density at radius 3 is 2.41 bits per heavy atom. The van der Waals surface area contributed by atoms with Crippen LogP contribution in [0.5, 0.6) is 0 Å². The molecule has 29 heavy (non-hydrogen) atoms. The first-order chi connectivity index (χ1) is 14.1. The molecule has 0 atom stereocenters. The molecule has 2 aromatic heterocycles. The van der Waals surface area contributed by atoms with Gasteiger partial charge in [0.2, 0.25) is 5.95 Å². The Morgan fingerprint density at radius 2 is 1.66 bits per heavy atom. The van der Waals surface area contributed by atoms with E-state index in [0.717, 1.165) is 34.4 Å². The minimum absolute atomic E-state index is 0.223. The van der Waals surface area contributed by atoms with Crippen molar-refractivity contribution in [1.82, 2.24) is 19.7 Å². The third-order valence-corrected chi connectivity index (χ3v) is 4.78. The highest BCUT2D eigenvalue weighted by Gasteiger charge is 2.11. The highest BCUT2D eigenvalue weighted by atomic mass is 19.1. The summed E-state index contributed by atoms with van der Waals surface area (Å²) in [7, 11) is 1.86. The molecule has 0 aliphatic heterocycles. The third kappa shape index (κ3) is 4.51. The number of halogens is 1. The molecular weight excluding hydrogens is 367 g/mol. The molecule has 0 saturated carbocycles. The summed E-state index contributed by atoms with van der Waals surface area (Å²) in [6.45, 7) is 3.38. The quantitative estimate of drug-likeness (QED) is 0.498. The van der Waals surface area contributed by atoms with Gasteiger partial charge in [-0.05, 0) is 36.6 Å². The van der Waals surface area contributed by atoms with Crippen molar-refractivity contribution < 1.29 is 4.39 Å². The number of hydrogen-bond donors (Lipinski definition) is 2. The molecule has 0 spiro atoms. The number of anilines is 2. The van der Waals surface area contributed by atoms with Gasteiger partial charge in [-0.15, -0.1) is 0 Å². The summed E-state index contributed by atoms with van der Waals surface area (Å²) < 4.78 is 14.8. The summed E-state index contributed by atoms with van der Waals surface area (Å²) in [6, 6.07) is 14.9. The molecule has 0 radical (unpaired) electrons. The number of hydrogen-bond acceptors (Lipinski definition) is 5. The van der Waals surface area contributed by atoms with Gasteiger partial charge in [-0.2, -0.15) is 15.1 Å². The average molecular weight is 390 g/mol. The van der Waals surface area contributed by atoms with Gasteiger partial charge in [-0.1, -0.05) is 42.0 Å². The Bertz CT molecular complexity index is 1100. The second-order valence-corrected chi connectivity index (χ2v) is 7.04. The van der Waals surface area contributed by atoms with Crippen LogP contribution in [0.15, 0.2) is 54.7 Å². The summed E-state index contributed by atoms with van der Waals surface area (Å²) >= 11 is 0. The van der Waals surface area contributed by atoms with Crippen molar-refractivity contribution in [3.63, 3.8) is 0 Å². The molecule has 0 bridgehead atoms. The van der Waals surface area contributed by atoms with Crippen molar-refractivity contribution in [3.8, 4) is 0 Å². The topological polar surface area (TPSA) is 67.7 Å². The molecule has 0 aliphatic rings. The standard InChI is InChI=1S/C22H23FN6/c1-15-3-5-17(6-4-15)13-25-22-27-20(19-14-26-29(2)21(19)28-22)24-12-11-16-7-9-18(23)10-8-16/h3-10,14H,11-13H2,1-2H3,(H2,24,25,27,28). The van der Waals surface area contributed by atoms with Gasteiger partial charge < -0.3 is 10.6 Å². The fourth-order valence-corrected chi connectivity index (χ4v) is 3.10. The van der Waals surface area contributed by atoms with E-state index in [1.807, 2.05) is 7.05 Å². The fraction of sp³-hybridized carbons (Fsp3) is 0.227. The molecule has 0 fully saturated rings. The van der Waals surface area contributed by atoms with Crippen LogP contribution in [-0.4, -0.2) is 26.3 Å². The molecule has 4 rings (SSSR count). The summed E-state index contributed by atoms with van der Waals surface area (Å²) in [5.41, 5.74) is 4.22. The van der Waals surface area contributed by atoms with E-state index >= 15 is 0 Å². The van der Waals surface area contributed by atoms with Crippen LogP contribution in [0.4, 0.5) is 16.2 Å². The molecular formula is C22H23FN6. The first-order valence-electron chi connectivity index (χ1n) is 9.56. The minimum atomic E-state index is -0.223. The van der Waals surface area contributed by atoms with Gasteiger partial charge in [-0.25, -0.2) is 4.39 Å². The van der Waals surface area contributed by atoms with E-state index in [2.05, 4.69) is 56.9 Å². The van der Waals surface area contributed by atoms with Crippen LogP contribution in [0.3, 0.4) is 0 Å². The maximum atomic E-state index is 13.1. The highest BCUT2D eigenvalue weighted by Crippen LogP contribution is 2.22. The molecule has 0 amide bonds. The zero-order chi connectivity index (χ0) is 20.2. The highest BCUT2D eigenvalue weighted by molar-refractivity contribution is 5.87. The van der Waals surface area contributed by atoms with E-state index in [9.17, 15) is 4.39 Å². The third-order valence-electron chi connectivity index (χ3n) is 4.78. The van der Waals surface area contributed by atoms with Gasteiger partial charge in [0.25, 0.3) is 0 Å². The fourth-order valence-electron chi connectivity index (χ4n) is 3.10. The lowest BCUT2D eigenvalue weighted by Gasteiger charge is -2.11. The Morgan fingerprint density at radius 1 is 0.931 bits per heavy atom. The Hall–Kier alpha value is -3.48. The van der Waals surface area contributed by atoms with Crippen LogP contribution in [0, 0.1) is 12.7 Å². The van der Waals surface area contributed by atoms with Crippen LogP contribution in [0.25, 0.3) is 11.0 Å². The molecule has 0 saturated heterocycles. The number of nitrogens with one attached hydrogen (secondary N) is 2. The van der Waals surface area contributed by atoms with Gasteiger partial charge >= 0.3 is 0 Å². The maximum Gasteiger partial charge on any atom is 0.226 e. The Balaban J connectivity index is 1.49. The molecule has 4 aromatic rings. The molecule has 0 unspecified atom stereocenters. The van der Waals surface area contributed by atoms with Crippen molar-refractivity contribution in [3.05, 3.63) is 77.2 Å². The summed E-state index contributed by atoms with van der Waals surface area (Å²) in [5, 5.41) is 11.8. The number of rotatable bonds is 7. The van der Waals surface area contributed by atoms with Gasteiger partial charge in [0, 0.05) is 20.1 Å². The Kier molecular flexibility index (Phi) is 5.37. The smallest absolute Gasteiger partial charge is 0.226 e. The predicted octanol–water partition coefficient (Wildman–Crippen LogP) is 4.08. The number of aryl methyl sites for hydroxylation is 2. The molecule has 2 heterocycles. The number of benzene rings is 2. The predicted molar refractivity (Wildman–Crippen MR) is 113 cm³/mol.